The Kier molecular flexibility index (Phi) is 3.87. The zero-order valence-electron chi connectivity index (χ0n) is 14.0. The minimum atomic E-state index is -0.367. The summed E-state index contributed by atoms with van der Waals surface area (Å²) in [4.78, 5) is 31.6. The Hall–Kier alpha value is -2.89. The molecule has 2 aromatic heterocycles. The van der Waals surface area contributed by atoms with Crippen molar-refractivity contribution in [3.8, 4) is 0 Å². The van der Waals surface area contributed by atoms with E-state index in [4.69, 9.17) is 4.42 Å². The number of hydrogen-bond acceptors (Lipinski definition) is 4. The molecule has 1 atom stereocenters. The van der Waals surface area contributed by atoms with Crippen molar-refractivity contribution >= 4 is 17.0 Å². The molecule has 0 bridgehead atoms. The van der Waals surface area contributed by atoms with Crippen molar-refractivity contribution in [3.63, 3.8) is 0 Å². The summed E-state index contributed by atoms with van der Waals surface area (Å²) in [5.41, 5.74) is 2.52. The normalized spacial score (nSPS) is 17.1. The predicted molar refractivity (Wildman–Crippen MR) is 93.6 cm³/mol. The molecule has 0 spiro atoms. The van der Waals surface area contributed by atoms with Crippen LogP contribution in [0.25, 0.3) is 11.1 Å². The van der Waals surface area contributed by atoms with Gasteiger partial charge in [-0.05, 0) is 37.3 Å². The Balaban J connectivity index is 1.72. The standard InChI is InChI=1S/C19H19N3O3/c1-11-15(16-17(23)20-10-21-19(16)25-11)18(24)22-14-9-5-3-7-12-6-2-4-8-13(12)14/h2,4,6,8,10,14H,3,5,7,9H2,1H3,(H,22,24)(H,20,21,23). The number of nitrogens with one attached hydrogen (secondary N) is 2. The maximum Gasteiger partial charge on any atom is 0.262 e. The Bertz CT molecular complexity index is 1000. The van der Waals surface area contributed by atoms with Crippen LogP contribution in [0.5, 0.6) is 0 Å². The maximum atomic E-state index is 12.9. The fourth-order valence-electron chi connectivity index (χ4n) is 3.63. The van der Waals surface area contributed by atoms with E-state index in [-0.39, 0.29) is 34.2 Å². The minimum Gasteiger partial charge on any atom is -0.442 e. The summed E-state index contributed by atoms with van der Waals surface area (Å²) >= 11 is 0. The van der Waals surface area contributed by atoms with Crippen LogP contribution in [0.1, 0.15) is 52.5 Å². The van der Waals surface area contributed by atoms with Crippen molar-refractivity contribution < 1.29 is 9.21 Å². The van der Waals surface area contributed by atoms with Crippen molar-refractivity contribution in [1.82, 2.24) is 15.3 Å². The van der Waals surface area contributed by atoms with Crippen molar-refractivity contribution in [2.24, 2.45) is 0 Å². The number of hydrogen-bond donors (Lipinski definition) is 2. The van der Waals surface area contributed by atoms with Crippen LogP contribution >= 0.6 is 0 Å². The van der Waals surface area contributed by atoms with Gasteiger partial charge >= 0.3 is 0 Å². The summed E-state index contributed by atoms with van der Waals surface area (Å²) in [6.45, 7) is 1.68. The number of furan rings is 1. The number of amides is 1. The quantitative estimate of drug-likeness (QED) is 0.704. The molecular weight excluding hydrogens is 318 g/mol. The summed E-state index contributed by atoms with van der Waals surface area (Å²) < 4.78 is 5.49. The first kappa shape index (κ1) is 15.6. The fraction of sp³-hybridized carbons (Fsp3) is 0.316. The summed E-state index contributed by atoms with van der Waals surface area (Å²) in [6.07, 6.45) is 5.34. The van der Waals surface area contributed by atoms with Crippen LogP contribution < -0.4 is 10.9 Å². The van der Waals surface area contributed by atoms with Gasteiger partial charge in [0.25, 0.3) is 11.5 Å². The van der Waals surface area contributed by atoms with Crippen LogP contribution in [0.2, 0.25) is 0 Å². The molecule has 0 fully saturated rings. The van der Waals surface area contributed by atoms with Gasteiger partial charge in [-0.2, -0.15) is 0 Å². The predicted octanol–water partition coefficient (Wildman–Crippen LogP) is 3.02. The van der Waals surface area contributed by atoms with Gasteiger partial charge in [0.15, 0.2) is 0 Å². The molecule has 3 aromatic rings. The highest BCUT2D eigenvalue weighted by molar-refractivity contribution is 6.06. The van der Waals surface area contributed by atoms with Gasteiger partial charge in [0, 0.05) is 0 Å². The first-order valence-corrected chi connectivity index (χ1v) is 8.50. The van der Waals surface area contributed by atoms with Gasteiger partial charge in [0.1, 0.15) is 11.1 Å². The lowest BCUT2D eigenvalue weighted by Crippen LogP contribution is -2.29. The van der Waals surface area contributed by atoms with Crippen LogP contribution in [-0.2, 0) is 6.42 Å². The molecule has 6 nitrogen and oxygen atoms in total. The zero-order chi connectivity index (χ0) is 17.4. The Morgan fingerprint density at radius 1 is 1.32 bits per heavy atom. The van der Waals surface area contributed by atoms with E-state index in [1.54, 1.807) is 6.92 Å². The number of nitrogens with zero attached hydrogens (tertiary/aromatic N) is 1. The van der Waals surface area contributed by atoms with Crippen molar-refractivity contribution in [3.05, 3.63) is 63.4 Å². The second kappa shape index (κ2) is 6.20. The molecule has 2 N–H and O–H groups in total. The molecule has 1 aliphatic rings. The lowest BCUT2D eigenvalue weighted by Gasteiger charge is -2.19. The summed E-state index contributed by atoms with van der Waals surface area (Å²) in [5, 5.41) is 3.31. The third kappa shape index (κ3) is 2.73. The molecule has 0 saturated heterocycles. The van der Waals surface area contributed by atoms with E-state index in [0.29, 0.717) is 5.76 Å². The van der Waals surface area contributed by atoms with Gasteiger partial charge in [-0.1, -0.05) is 30.7 Å². The fourth-order valence-corrected chi connectivity index (χ4v) is 3.63. The average molecular weight is 337 g/mol. The SMILES string of the molecule is Cc1oc2nc[nH]c(=O)c2c1C(=O)NC1CCCCc2ccccc21. The van der Waals surface area contributed by atoms with Gasteiger partial charge < -0.3 is 14.7 Å². The smallest absolute Gasteiger partial charge is 0.262 e. The minimum absolute atomic E-state index is 0.0636. The lowest BCUT2D eigenvalue weighted by molar-refractivity contribution is 0.0934. The van der Waals surface area contributed by atoms with Crippen LogP contribution in [0.15, 0.2) is 39.8 Å². The van der Waals surface area contributed by atoms with Crippen molar-refractivity contribution in [2.45, 2.75) is 38.6 Å². The zero-order valence-corrected chi connectivity index (χ0v) is 14.0. The molecule has 0 saturated carbocycles. The Morgan fingerprint density at radius 2 is 2.16 bits per heavy atom. The molecule has 6 heteroatoms. The van der Waals surface area contributed by atoms with E-state index in [2.05, 4.69) is 27.4 Å². The van der Waals surface area contributed by atoms with Crippen LogP contribution in [0.3, 0.4) is 0 Å². The van der Waals surface area contributed by atoms with Crippen molar-refractivity contribution in [1.29, 1.82) is 0 Å². The van der Waals surface area contributed by atoms with Crippen LogP contribution in [0, 0.1) is 6.92 Å². The van der Waals surface area contributed by atoms with E-state index in [1.807, 2.05) is 12.1 Å². The number of H-pyrrole nitrogens is 1. The number of fused-ring (bicyclic) bond motifs is 2. The maximum absolute atomic E-state index is 12.9. The van der Waals surface area contributed by atoms with E-state index in [9.17, 15) is 9.59 Å². The molecule has 0 radical (unpaired) electrons. The molecule has 25 heavy (non-hydrogen) atoms. The number of rotatable bonds is 2. The molecule has 1 unspecified atom stereocenters. The molecule has 1 aliphatic carbocycles. The number of carbonyl (C=O) groups excluding carboxylic acids is 1. The Labute approximate surface area is 144 Å². The Morgan fingerprint density at radius 3 is 3.04 bits per heavy atom. The molecule has 128 valence electrons. The molecule has 2 heterocycles. The van der Waals surface area contributed by atoms with Crippen molar-refractivity contribution in [2.75, 3.05) is 0 Å². The van der Waals surface area contributed by atoms with E-state index in [1.165, 1.54) is 11.9 Å². The monoisotopic (exact) mass is 337 g/mol. The van der Waals surface area contributed by atoms with E-state index >= 15 is 0 Å². The van der Waals surface area contributed by atoms with Gasteiger partial charge in [-0.3, -0.25) is 9.59 Å². The molecule has 1 amide bonds. The number of aromatic amines is 1. The summed E-state index contributed by atoms with van der Waals surface area (Å²) in [7, 11) is 0. The van der Waals surface area contributed by atoms with Gasteiger partial charge in [-0.15, -0.1) is 0 Å². The highest BCUT2D eigenvalue weighted by atomic mass is 16.3. The largest absolute Gasteiger partial charge is 0.442 e. The first-order chi connectivity index (χ1) is 12.1. The third-order valence-corrected chi connectivity index (χ3v) is 4.82. The number of aromatic nitrogens is 2. The lowest BCUT2D eigenvalue weighted by atomic mass is 9.98. The molecule has 1 aromatic carbocycles. The van der Waals surface area contributed by atoms with Gasteiger partial charge in [0.05, 0.1) is 17.9 Å². The highest BCUT2D eigenvalue weighted by Crippen LogP contribution is 2.29. The highest BCUT2D eigenvalue weighted by Gasteiger charge is 2.25. The van der Waals surface area contributed by atoms with Crippen LogP contribution in [-0.4, -0.2) is 15.9 Å². The molecular formula is C19H19N3O3. The topological polar surface area (TPSA) is 88.0 Å². The second-order valence-corrected chi connectivity index (χ2v) is 6.42. The summed E-state index contributed by atoms with van der Waals surface area (Å²) in [5.74, 6) is 0.107. The van der Waals surface area contributed by atoms with E-state index < -0.39 is 0 Å². The van der Waals surface area contributed by atoms with Gasteiger partial charge in [0.2, 0.25) is 5.71 Å². The molecule has 4 rings (SSSR count). The molecule has 0 aliphatic heterocycles. The van der Waals surface area contributed by atoms with E-state index in [0.717, 1.165) is 31.2 Å². The van der Waals surface area contributed by atoms with Crippen LogP contribution in [0.4, 0.5) is 0 Å². The average Bonchev–Trinajstić information content (AvgIpc) is 2.82. The first-order valence-electron chi connectivity index (χ1n) is 8.50. The summed E-state index contributed by atoms with van der Waals surface area (Å²) in [6, 6.07) is 8.15. The number of aryl methyl sites for hydroxylation is 2. The third-order valence-electron chi connectivity index (χ3n) is 4.82. The second-order valence-electron chi connectivity index (χ2n) is 6.42. The van der Waals surface area contributed by atoms with Gasteiger partial charge in [-0.25, -0.2) is 4.98 Å². The number of benzene rings is 1. The number of carbonyl (C=O) groups is 1.